The normalized spacial score (nSPS) is 24.1. The molecule has 1 spiro atoms. The third-order valence-corrected chi connectivity index (χ3v) is 5.90. The summed E-state index contributed by atoms with van der Waals surface area (Å²) in [5.41, 5.74) is -0.0978. The summed E-state index contributed by atoms with van der Waals surface area (Å²) in [5, 5.41) is 6.22. The Morgan fingerprint density at radius 2 is 2.19 bits per heavy atom. The second kappa shape index (κ2) is 3.21. The highest BCUT2D eigenvalue weighted by Crippen LogP contribution is 2.51. The summed E-state index contributed by atoms with van der Waals surface area (Å²) in [6, 6.07) is 0. The van der Waals surface area contributed by atoms with Gasteiger partial charge in [-0.2, -0.15) is 9.40 Å². The van der Waals surface area contributed by atoms with Gasteiger partial charge in [0.15, 0.2) is 0 Å². The van der Waals surface area contributed by atoms with Crippen molar-refractivity contribution in [2.24, 2.45) is 0 Å². The molecule has 1 saturated carbocycles. The maximum absolute atomic E-state index is 12.4. The molecule has 0 amide bonds. The van der Waals surface area contributed by atoms with Gasteiger partial charge < -0.3 is 0 Å². The number of halogens is 1. The number of aromatic amines is 1. The molecule has 7 heteroatoms. The molecule has 1 aromatic heterocycles. The Balaban J connectivity index is 2.03. The van der Waals surface area contributed by atoms with Crippen LogP contribution in [0.25, 0.3) is 0 Å². The predicted octanol–water partition coefficient (Wildman–Crippen LogP) is 1.38. The third-order valence-electron chi connectivity index (χ3n) is 3.49. The zero-order chi connectivity index (χ0) is 11.4. The maximum Gasteiger partial charge on any atom is 0.248 e. The monoisotopic (exact) mass is 261 g/mol. The van der Waals surface area contributed by atoms with Crippen molar-refractivity contribution in [2.75, 3.05) is 6.54 Å². The maximum atomic E-state index is 12.4. The van der Waals surface area contributed by atoms with Crippen LogP contribution in [0.3, 0.4) is 0 Å². The number of rotatable bonds is 2. The van der Waals surface area contributed by atoms with Gasteiger partial charge in [-0.25, -0.2) is 8.42 Å². The number of nitrogens with one attached hydrogen (secondary N) is 1. The molecule has 0 unspecified atom stereocenters. The van der Waals surface area contributed by atoms with Crippen LogP contribution in [0.5, 0.6) is 0 Å². The molecule has 0 atom stereocenters. The first-order chi connectivity index (χ1) is 7.56. The van der Waals surface area contributed by atoms with Crippen LogP contribution in [-0.4, -0.2) is 35.0 Å². The molecule has 2 heterocycles. The molecule has 1 saturated heterocycles. The van der Waals surface area contributed by atoms with Gasteiger partial charge in [-0.05, 0) is 25.7 Å². The van der Waals surface area contributed by atoms with Crippen molar-refractivity contribution in [3.8, 4) is 0 Å². The van der Waals surface area contributed by atoms with Gasteiger partial charge in [0, 0.05) is 12.1 Å². The topological polar surface area (TPSA) is 66.1 Å². The molecule has 5 nitrogen and oxygen atoms in total. The fraction of sp³-hybridized carbons (Fsp3) is 0.667. The second-order valence-corrected chi connectivity index (χ2v) is 6.66. The van der Waals surface area contributed by atoms with Crippen molar-refractivity contribution in [1.29, 1.82) is 0 Å². The van der Waals surface area contributed by atoms with Gasteiger partial charge in [-0.3, -0.25) is 5.10 Å². The standard InChI is InChI=1S/C9H12ClN3O2S/c10-8-7(6-11-12-8)16(14,15)13-5-1-2-9(13)3-4-9/h6H,1-5H2,(H,11,12). The van der Waals surface area contributed by atoms with Gasteiger partial charge in [-0.15, -0.1) is 0 Å². The summed E-state index contributed by atoms with van der Waals surface area (Å²) in [6.45, 7) is 0.601. The number of H-pyrrole nitrogens is 1. The van der Waals surface area contributed by atoms with E-state index in [1.165, 1.54) is 6.20 Å². The van der Waals surface area contributed by atoms with E-state index in [-0.39, 0.29) is 15.6 Å². The van der Waals surface area contributed by atoms with Crippen LogP contribution in [0.1, 0.15) is 25.7 Å². The minimum Gasteiger partial charge on any atom is -0.266 e. The first-order valence-electron chi connectivity index (χ1n) is 5.28. The first kappa shape index (κ1) is 10.6. The van der Waals surface area contributed by atoms with Crippen LogP contribution < -0.4 is 0 Å². The summed E-state index contributed by atoms with van der Waals surface area (Å²) < 4.78 is 26.3. The Kier molecular flexibility index (Phi) is 2.12. The average Bonchev–Trinajstić information content (AvgIpc) is 2.66. The van der Waals surface area contributed by atoms with E-state index in [0.29, 0.717) is 6.54 Å². The molecular formula is C9H12ClN3O2S. The van der Waals surface area contributed by atoms with Crippen molar-refractivity contribution in [3.05, 3.63) is 11.3 Å². The lowest BCUT2D eigenvalue weighted by Crippen LogP contribution is -2.37. The van der Waals surface area contributed by atoms with E-state index in [9.17, 15) is 8.42 Å². The SMILES string of the molecule is O=S(=O)(c1cn[nH]c1Cl)N1CCCC12CC2. The van der Waals surface area contributed by atoms with Gasteiger partial charge in [0.2, 0.25) is 10.0 Å². The molecule has 2 fully saturated rings. The molecule has 1 aromatic rings. The number of sulfonamides is 1. The van der Waals surface area contributed by atoms with Crippen LogP contribution in [-0.2, 0) is 10.0 Å². The lowest BCUT2D eigenvalue weighted by molar-refractivity contribution is 0.371. The zero-order valence-corrected chi connectivity index (χ0v) is 10.2. The van der Waals surface area contributed by atoms with E-state index < -0.39 is 10.0 Å². The highest BCUT2D eigenvalue weighted by Gasteiger charge is 2.55. The minimum atomic E-state index is -3.46. The molecular weight excluding hydrogens is 250 g/mol. The average molecular weight is 262 g/mol. The number of hydrogen-bond acceptors (Lipinski definition) is 3. The summed E-state index contributed by atoms with van der Waals surface area (Å²) in [5.74, 6) is 0. The van der Waals surface area contributed by atoms with Gasteiger partial charge in [0.25, 0.3) is 0 Å². The third kappa shape index (κ3) is 1.33. The summed E-state index contributed by atoms with van der Waals surface area (Å²) >= 11 is 5.79. The molecule has 0 radical (unpaired) electrons. The molecule has 16 heavy (non-hydrogen) atoms. The Hall–Kier alpha value is -0.590. The van der Waals surface area contributed by atoms with Crippen LogP contribution in [0.2, 0.25) is 5.15 Å². The van der Waals surface area contributed by atoms with Crippen LogP contribution in [0.4, 0.5) is 0 Å². The van der Waals surface area contributed by atoms with E-state index in [2.05, 4.69) is 10.2 Å². The molecule has 2 aliphatic rings. The fourth-order valence-electron chi connectivity index (χ4n) is 2.49. The van der Waals surface area contributed by atoms with Gasteiger partial charge >= 0.3 is 0 Å². The molecule has 88 valence electrons. The molecule has 3 rings (SSSR count). The highest BCUT2D eigenvalue weighted by molar-refractivity contribution is 7.89. The van der Waals surface area contributed by atoms with E-state index in [1.807, 2.05) is 0 Å². The number of nitrogens with zero attached hydrogens (tertiary/aromatic N) is 2. The molecule has 0 bridgehead atoms. The van der Waals surface area contributed by atoms with Crippen LogP contribution in [0.15, 0.2) is 11.1 Å². The fourth-order valence-corrected chi connectivity index (χ4v) is 4.73. The molecule has 0 aromatic carbocycles. The van der Waals surface area contributed by atoms with E-state index >= 15 is 0 Å². The number of hydrogen-bond donors (Lipinski definition) is 1. The quantitative estimate of drug-likeness (QED) is 0.875. The zero-order valence-electron chi connectivity index (χ0n) is 8.61. The van der Waals surface area contributed by atoms with Gasteiger partial charge in [0.05, 0.1) is 6.20 Å². The van der Waals surface area contributed by atoms with Crippen LogP contribution in [0, 0.1) is 0 Å². The van der Waals surface area contributed by atoms with E-state index in [4.69, 9.17) is 11.6 Å². The Morgan fingerprint density at radius 3 is 2.75 bits per heavy atom. The first-order valence-corrected chi connectivity index (χ1v) is 7.10. The van der Waals surface area contributed by atoms with E-state index in [1.54, 1.807) is 4.31 Å². The largest absolute Gasteiger partial charge is 0.266 e. The minimum absolute atomic E-state index is 0.0978. The van der Waals surface area contributed by atoms with Crippen molar-refractivity contribution < 1.29 is 8.42 Å². The van der Waals surface area contributed by atoms with Crippen molar-refractivity contribution in [2.45, 2.75) is 36.1 Å². The van der Waals surface area contributed by atoms with Crippen LogP contribution >= 0.6 is 11.6 Å². The highest BCUT2D eigenvalue weighted by atomic mass is 35.5. The predicted molar refractivity (Wildman–Crippen MR) is 58.7 cm³/mol. The van der Waals surface area contributed by atoms with Crippen molar-refractivity contribution in [1.82, 2.24) is 14.5 Å². The Morgan fingerprint density at radius 1 is 1.44 bits per heavy atom. The van der Waals surface area contributed by atoms with Gasteiger partial charge in [0.1, 0.15) is 10.0 Å². The lowest BCUT2D eigenvalue weighted by atomic mass is 10.2. The number of aromatic nitrogens is 2. The molecule has 1 aliphatic carbocycles. The molecule has 1 N–H and O–H groups in total. The Bertz CT molecular complexity index is 521. The molecule has 1 aliphatic heterocycles. The lowest BCUT2D eigenvalue weighted by Gasteiger charge is -2.22. The van der Waals surface area contributed by atoms with Gasteiger partial charge in [-0.1, -0.05) is 11.6 Å². The second-order valence-electron chi connectivity index (χ2n) is 4.45. The Labute approximate surface area is 98.8 Å². The van der Waals surface area contributed by atoms with E-state index in [0.717, 1.165) is 25.7 Å². The summed E-state index contributed by atoms with van der Waals surface area (Å²) in [7, 11) is -3.46. The summed E-state index contributed by atoms with van der Waals surface area (Å²) in [6.07, 6.45) is 5.14. The van der Waals surface area contributed by atoms with Crippen molar-refractivity contribution >= 4 is 21.6 Å². The van der Waals surface area contributed by atoms with Crippen molar-refractivity contribution in [3.63, 3.8) is 0 Å². The smallest absolute Gasteiger partial charge is 0.248 e. The summed E-state index contributed by atoms with van der Waals surface area (Å²) in [4.78, 5) is 0.0994.